The van der Waals surface area contributed by atoms with Crippen molar-refractivity contribution in [1.82, 2.24) is 0 Å². The second-order valence-electron chi connectivity index (χ2n) is 13.0. The van der Waals surface area contributed by atoms with Crippen LogP contribution in [0.1, 0.15) is 65.1 Å². The van der Waals surface area contributed by atoms with Crippen LogP contribution in [0.15, 0.2) is 120 Å². The van der Waals surface area contributed by atoms with E-state index in [4.69, 9.17) is 0 Å². The smallest absolute Gasteiger partial charge is 0.197 e. The number of hydrogen-bond acceptors (Lipinski definition) is 3. The molecule has 5 aromatic carbocycles. The van der Waals surface area contributed by atoms with Crippen molar-refractivity contribution in [2.24, 2.45) is 11.8 Å². The second-order valence-corrected chi connectivity index (χ2v) is 13.0. The molecule has 0 bridgehead atoms. The van der Waals surface area contributed by atoms with Gasteiger partial charge in [-0.1, -0.05) is 101 Å². The van der Waals surface area contributed by atoms with Gasteiger partial charge in [0.25, 0.3) is 0 Å². The SMILES string of the molecule is CC1C=CC=C(N2c3ccccc3C(C)(C)c3c2ccc2cc(C=C4C(=O)c5cc6ccccc6cc5C4=O)ccc32)C1C. The summed E-state index contributed by atoms with van der Waals surface area (Å²) in [6.45, 7) is 9.23. The summed E-state index contributed by atoms with van der Waals surface area (Å²) in [7, 11) is 0. The highest BCUT2D eigenvalue weighted by molar-refractivity contribution is 6.42. The van der Waals surface area contributed by atoms with Gasteiger partial charge in [-0.25, -0.2) is 0 Å². The van der Waals surface area contributed by atoms with Gasteiger partial charge in [0.05, 0.1) is 11.3 Å². The lowest BCUT2D eigenvalue weighted by Gasteiger charge is -2.45. The molecule has 214 valence electrons. The third-order valence-corrected chi connectivity index (χ3v) is 10.1. The molecular weight excluding hydrogens is 538 g/mol. The van der Waals surface area contributed by atoms with Crippen LogP contribution >= 0.6 is 0 Å². The Kier molecular flexibility index (Phi) is 5.74. The summed E-state index contributed by atoms with van der Waals surface area (Å²) in [6, 6.07) is 31.1. The Hall–Kier alpha value is -5.02. The second kappa shape index (κ2) is 9.49. The van der Waals surface area contributed by atoms with Crippen LogP contribution in [-0.4, -0.2) is 11.6 Å². The highest BCUT2D eigenvalue weighted by atomic mass is 16.2. The van der Waals surface area contributed by atoms with Crippen molar-refractivity contribution >= 4 is 50.6 Å². The van der Waals surface area contributed by atoms with Gasteiger partial charge in [0.2, 0.25) is 0 Å². The molecule has 0 saturated carbocycles. The summed E-state index contributed by atoms with van der Waals surface area (Å²) in [5.41, 5.74) is 8.15. The summed E-state index contributed by atoms with van der Waals surface area (Å²) in [6.07, 6.45) is 8.50. The van der Waals surface area contributed by atoms with Crippen molar-refractivity contribution in [1.29, 1.82) is 0 Å². The van der Waals surface area contributed by atoms with Gasteiger partial charge < -0.3 is 4.90 Å². The van der Waals surface area contributed by atoms with Crippen LogP contribution in [0.5, 0.6) is 0 Å². The Bertz CT molecular complexity index is 2120. The topological polar surface area (TPSA) is 37.4 Å². The molecule has 2 atom stereocenters. The van der Waals surface area contributed by atoms with Gasteiger partial charge in [0.1, 0.15) is 0 Å². The van der Waals surface area contributed by atoms with Crippen molar-refractivity contribution in [2.45, 2.75) is 33.1 Å². The van der Waals surface area contributed by atoms with Gasteiger partial charge in [0.15, 0.2) is 11.6 Å². The van der Waals surface area contributed by atoms with Crippen molar-refractivity contribution in [2.75, 3.05) is 4.90 Å². The molecule has 3 heteroatoms. The quantitative estimate of drug-likeness (QED) is 0.156. The molecule has 2 aliphatic carbocycles. The summed E-state index contributed by atoms with van der Waals surface area (Å²) in [5, 5.41) is 4.20. The molecule has 3 aliphatic rings. The Morgan fingerprint density at radius 3 is 2.14 bits per heavy atom. The van der Waals surface area contributed by atoms with E-state index in [0.29, 0.717) is 23.0 Å². The van der Waals surface area contributed by atoms with Crippen molar-refractivity contribution in [3.63, 3.8) is 0 Å². The maximum absolute atomic E-state index is 13.4. The van der Waals surface area contributed by atoms with Crippen LogP contribution in [0.2, 0.25) is 0 Å². The molecule has 0 spiro atoms. The lowest BCUT2D eigenvalue weighted by atomic mass is 9.71. The van der Waals surface area contributed by atoms with E-state index < -0.39 is 0 Å². The molecule has 8 rings (SSSR count). The minimum Gasteiger partial charge on any atom is -0.313 e. The number of carbonyl (C=O) groups excluding carboxylic acids is 2. The number of Topliss-reactive ketones (excluding diaryl/α,β-unsaturated/α-hetero) is 2. The number of rotatable bonds is 2. The van der Waals surface area contributed by atoms with E-state index in [-0.39, 0.29) is 22.6 Å². The zero-order valence-electron chi connectivity index (χ0n) is 25.4. The first-order valence-corrected chi connectivity index (χ1v) is 15.4. The number of anilines is 2. The minimum absolute atomic E-state index is 0.201. The van der Waals surface area contributed by atoms with E-state index in [9.17, 15) is 9.59 Å². The largest absolute Gasteiger partial charge is 0.313 e. The fraction of sp³-hybridized carbons (Fsp3) is 0.171. The molecule has 0 aromatic heterocycles. The van der Waals surface area contributed by atoms with Gasteiger partial charge in [-0.05, 0) is 86.6 Å². The first kappa shape index (κ1) is 26.6. The molecule has 1 heterocycles. The molecule has 0 fully saturated rings. The first-order valence-electron chi connectivity index (χ1n) is 15.4. The van der Waals surface area contributed by atoms with E-state index in [0.717, 1.165) is 21.7 Å². The van der Waals surface area contributed by atoms with E-state index >= 15 is 0 Å². The molecule has 2 unspecified atom stereocenters. The maximum Gasteiger partial charge on any atom is 0.197 e. The maximum atomic E-state index is 13.4. The third-order valence-electron chi connectivity index (χ3n) is 10.1. The average molecular weight is 572 g/mol. The molecule has 44 heavy (non-hydrogen) atoms. The fourth-order valence-electron chi connectivity index (χ4n) is 7.51. The summed E-state index contributed by atoms with van der Waals surface area (Å²) < 4.78 is 0. The van der Waals surface area contributed by atoms with Gasteiger partial charge >= 0.3 is 0 Å². The van der Waals surface area contributed by atoms with E-state index in [1.807, 2.05) is 42.5 Å². The Morgan fingerprint density at radius 2 is 1.41 bits per heavy atom. The van der Waals surface area contributed by atoms with Crippen LogP contribution in [0, 0.1) is 11.8 Å². The fourth-order valence-corrected chi connectivity index (χ4v) is 7.51. The van der Waals surface area contributed by atoms with Crippen LogP contribution in [0.3, 0.4) is 0 Å². The third kappa shape index (κ3) is 3.75. The van der Waals surface area contributed by atoms with Crippen LogP contribution < -0.4 is 4.90 Å². The molecule has 0 radical (unpaired) electrons. The van der Waals surface area contributed by atoms with Gasteiger partial charge in [0, 0.05) is 33.8 Å². The zero-order valence-corrected chi connectivity index (χ0v) is 25.4. The predicted molar refractivity (Wildman–Crippen MR) is 181 cm³/mol. The lowest BCUT2D eigenvalue weighted by Crippen LogP contribution is -2.35. The Morgan fingerprint density at radius 1 is 0.727 bits per heavy atom. The molecular formula is C41H33NO2. The van der Waals surface area contributed by atoms with Crippen LogP contribution in [0.25, 0.3) is 27.6 Å². The number of carbonyl (C=O) groups is 2. The summed E-state index contributed by atoms with van der Waals surface area (Å²) in [5.74, 6) is 0.415. The predicted octanol–water partition coefficient (Wildman–Crippen LogP) is 9.96. The van der Waals surface area contributed by atoms with E-state index in [1.54, 1.807) is 6.08 Å². The number of benzene rings is 5. The summed E-state index contributed by atoms with van der Waals surface area (Å²) in [4.78, 5) is 29.4. The van der Waals surface area contributed by atoms with E-state index in [1.165, 1.54) is 33.6 Å². The highest BCUT2D eigenvalue weighted by Crippen LogP contribution is 2.54. The molecule has 0 amide bonds. The number of fused-ring (bicyclic) bond motifs is 6. The van der Waals surface area contributed by atoms with Gasteiger partial charge in [-0.2, -0.15) is 0 Å². The minimum atomic E-state index is -0.233. The van der Waals surface area contributed by atoms with Crippen molar-refractivity contribution in [3.05, 3.63) is 148 Å². The van der Waals surface area contributed by atoms with E-state index in [2.05, 4.69) is 99.4 Å². The number of allylic oxidation sites excluding steroid dienone is 5. The van der Waals surface area contributed by atoms with Gasteiger partial charge in [-0.15, -0.1) is 0 Å². The Balaban J connectivity index is 1.26. The number of hydrogen-bond donors (Lipinski definition) is 0. The number of nitrogens with zero attached hydrogens (tertiary/aromatic N) is 1. The molecule has 5 aromatic rings. The first-order chi connectivity index (χ1) is 21.2. The zero-order chi connectivity index (χ0) is 30.3. The lowest BCUT2D eigenvalue weighted by molar-refractivity contribution is 0.0990. The monoisotopic (exact) mass is 571 g/mol. The van der Waals surface area contributed by atoms with Crippen LogP contribution in [-0.2, 0) is 5.41 Å². The number of ketones is 2. The molecule has 1 aliphatic heterocycles. The summed E-state index contributed by atoms with van der Waals surface area (Å²) >= 11 is 0. The van der Waals surface area contributed by atoms with Gasteiger partial charge in [-0.3, -0.25) is 9.59 Å². The number of para-hydroxylation sites is 1. The Labute approximate surface area is 257 Å². The standard InChI is InChI=1S/C41H33NO2/c1-24-10-9-15-35(25(24)2)42-36-14-8-7-13-34(36)41(3,4)38-30-18-16-26(20-29(30)17-19-37(38)42)21-33-39(43)31-22-27-11-5-6-12-28(27)23-32(31)40(33)44/h5-25H,1-4H3. The van der Waals surface area contributed by atoms with Crippen LogP contribution in [0.4, 0.5) is 11.4 Å². The molecule has 0 saturated heterocycles. The normalized spacial score (nSPS) is 20.0. The van der Waals surface area contributed by atoms with Crippen molar-refractivity contribution < 1.29 is 9.59 Å². The highest BCUT2D eigenvalue weighted by Gasteiger charge is 2.40. The average Bonchev–Trinajstić information content (AvgIpc) is 3.25. The molecule has 0 N–H and O–H groups in total. The molecule has 3 nitrogen and oxygen atoms in total. The van der Waals surface area contributed by atoms with Crippen molar-refractivity contribution in [3.8, 4) is 0 Å².